The Morgan fingerprint density at radius 1 is 1.38 bits per heavy atom. The molecule has 1 aliphatic carbocycles. The monoisotopic (exact) mass is 182 g/mol. The van der Waals surface area contributed by atoms with Gasteiger partial charge >= 0.3 is 6.03 Å². The van der Waals surface area contributed by atoms with Crippen LogP contribution in [0.1, 0.15) is 26.2 Å². The summed E-state index contributed by atoms with van der Waals surface area (Å²) in [6.45, 7) is 2.29. The van der Waals surface area contributed by atoms with Crippen LogP contribution in [0, 0.1) is 5.92 Å². The number of rotatable bonds is 1. The van der Waals surface area contributed by atoms with Gasteiger partial charge in [-0.1, -0.05) is 13.3 Å². The zero-order chi connectivity index (χ0) is 9.42. The zero-order valence-electron chi connectivity index (χ0n) is 7.75. The number of amides is 3. The average molecular weight is 182 g/mol. The zero-order valence-corrected chi connectivity index (χ0v) is 7.75. The minimum Gasteiger partial charge on any atom is -0.329 e. The van der Waals surface area contributed by atoms with Gasteiger partial charge in [-0.25, -0.2) is 4.79 Å². The minimum absolute atomic E-state index is 0.0660. The second-order valence-corrected chi connectivity index (χ2v) is 3.90. The first-order valence-corrected chi connectivity index (χ1v) is 4.80. The summed E-state index contributed by atoms with van der Waals surface area (Å²) < 4.78 is 0. The first-order valence-electron chi connectivity index (χ1n) is 4.80. The minimum atomic E-state index is -0.205. The van der Waals surface area contributed by atoms with Gasteiger partial charge in [0.15, 0.2) is 0 Å². The summed E-state index contributed by atoms with van der Waals surface area (Å²) in [5, 5.41) is 2.55. The first kappa shape index (κ1) is 8.53. The summed E-state index contributed by atoms with van der Waals surface area (Å²) in [6.07, 6.45) is 3.23. The topological polar surface area (TPSA) is 49.4 Å². The first-order chi connectivity index (χ1) is 6.20. The van der Waals surface area contributed by atoms with E-state index in [1.54, 1.807) is 0 Å². The van der Waals surface area contributed by atoms with Crippen LogP contribution < -0.4 is 5.32 Å². The molecular formula is C9H14N2O2. The van der Waals surface area contributed by atoms with Gasteiger partial charge in [0.25, 0.3) is 0 Å². The van der Waals surface area contributed by atoms with E-state index in [0.717, 1.165) is 19.3 Å². The maximum absolute atomic E-state index is 11.4. The number of nitrogens with one attached hydrogen (secondary N) is 1. The van der Waals surface area contributed by atoms with Gasteiger partial charge in [-0.05, 0) is 18.8 Å². The molecular weight excluding hydrogens is 168 g/mol. The smallest absolute Gasteiger partial charge is 0.324 e. The van der Waals surface area contributed by atoms with Gasteiger partial charge in [0, 0.05) is 6.04 Å². The highest BCUT2D eigenvalue weighted by Crippen LogP contribution is 2.30. The van der Waals surface area contributed by atoms with Crippen LogP contribution in [-0.4, -0.2) is 29.4 Å². The van der Waals surface area contributed by atoms with Gasteiger partial charge in [0.1, 0.15) is 0 Å². The molecule has 4 nitrogen and oxygen atoms in total. The van der Waals surface area contributed by atoms with Crippen molar-refractivity contribution in [3.05, 3.63) is 0 Å². The Morgan fingerprint density at radius 3 is 2.62 bits per heavy atom. The molecule has 1 saturated heterocycles. The predicted octanol–water partition coefficient (Wildman–Crippen LogP) is 0.727. The van der Waals surface area contributed by atoms with Crippen LogP contribution in [0.3, 0.4) is 0 Å². The molecule has 0 aromatic carbocycles. The van der Waals surface area contributed by atoms with Crippen molar-refractivity contribution < 1.29 is 9.59 Å². The number of imide groups is 1. The molecule has 2 aliphatic rings. The van der Waals surface area contributed by atoms with Crippen molar-refractivity contribution in [2.75, 3.05) is 6.54 Å². The van der Waals surface area contributed by atoms with E-state index in [1.165, 1.54) is 4.90 Å². The number of nitrogens with zero attached hydrogens (tertiary/aromatic N) is 1. The van der Waals surface area contributed by atoms with E-state index >= 15 is 0 Å². The van der Waals surface area contributed by atoms with Crippen molar-refractivity contribution >= 4 is 11.9 Å². The van der Waals surface area contributed by atoms with E-state index in [1.807, 2.05) is 0 Å². The highest BCUT2D eigenvalue weighted by molar-refractivity contribution is 6.02. The molecule has 72 valence electrons. The predicted molar refractivity (Wildman–Crippen MR) is 47.0 cm³/mol. The van der Waals surface area contributed by atoms with Crippen LogP contribution >= 0.6 is 0 Å². The fourth-order valence-corrected chi connectivity index (χ4v) is 2.28. The lowest BCUT2D eigenvalue weighted by atomic mass is 10.1. The summed E-state index contributed by atoms with van der Waals surface area (Å²) in [5.74, 6) is 0.400. The molecule has 0 aromatic heterocycles. The third-order valence-electron chi connectivity index (χ3n) is 3.03. The maximum atomic E-state index is 11.4. The molecule has 3 amide bonds. The van der Waals surface area contributed by atoms with Crippen molar-refractivity contribution in [1.29, 1.82) is 0 Å². The highest BCUT2D eigenvalue weighted by atomic mass is 16.2. The molecule has 0 spiro atoms. The molecule has 1 saturated carbocycles. The standard InChI is InChI=1S/C9H14N2O2/c1-6-3-2-4-7(6)11-8(12)5-10-9(11)13/h6-7H,2-5H2,1H3,(H,10,13). The molecule has 1 heterocycles. The van der Waals surface area contributed by atoms with Gasteiger partial charge in [-0.15, -0.1) is 0 Å². The molecule has 2 fully saturated rings. The van der Waals surface area contributed by atoms with Crippen LogP contribution in [-0.2, 0) is 4.79 Å². The summed E-state index contributed by atoms with van der Waals surface area (Å²) in [7, 11) is 0. The van der Waals surface area contributed by atoms with E-state index in [4.69, 9.17) is 0 Å². The van der Waals surface area contributed by atoms with Crippen LogP contribution in [0.25, 0.3) is 0 Å². The van der Waals surface area contributed by atoms with Crippen molar-refractivity contribution in [2.45, 2.75) is 32.2 Å². The fourth-order valence-electron chi connectivity index (χ4n) is 2.28. The van der Waals surface area contributed by atoms with E-state index in [2.05, 4.69) is 12.2 Å². The average Bonchev–Trinajstić information content (AvgIpc) is 2.60. The number of urea groups is 1. The molecule has 0 aromatic rings. The lowest BCUT2D eigenvalue weighted by Crippen LogP contribution is -2.41. The third-order valence-corrected chi connectivity index (χ3v) is 3.03. The quantitative estimate of drug-likeness (QED) is 0.608. The van der Waals surface area contributed by atoms with Gasteiger partial charge in [0.2, 0.25) is 5.91 Å². The maximum Gasteiger partial charge on any atom is 0.324 e. The van der Waals surface area contributed by atoms with Gasteiger partial charge in [0.05, 0.1) is 6.54 Å². The van der Waals surface area contributed by atoms with E-state index in [-0.39, 0.29) is 24.5 Å². The van der Waals surface area contributed by atoms with Gasteiger partial charge < -0.3 is 5.32 Å². The lowest BCUT2D eigenvalue weighted by molar-refractivity contribution is -0.127. The molecule has 13 heavy (non-hydrogen) atoms. The Hall–Kier alpha value is -1.06. The molecule has 0 bridgehead atoms. The van der Waals surface area contributed by atoms with Gasteiger partial charge in [-0.3, -0.25) is 9.69 Å². The molecule has 0 radical (unpaired) electrons. The molecule has 2 atom stereocenters. The highest BCUT2D eigenvalue weighted by Gasteiger charge is 2.39. The van der Waals surface area contributed by atoms with Crippen LogP contribution in [0.15, 0.2) is 0 Å². The van der Waals surface area contributed by atoms with Crippen molar-refractivity contribution in [1.82, 2.24) is 10.2 Å². The van der Waals surface area contributed by atoms with Crippen molar-refractivity contribution in [3.63, 3.8) is 0 Å². The van der Waals surface area contributed by atoms with Gasteiger partial charge in [-0.2, -0.15) is 0 Å². The molecule has 1 N–H and O–H groups in total. The number of hydrogen-bond acceptors (Lipinski definition) is 2. The summed E-state index contributed by atoms with van der Waals surface area (Å²) in [6, 6.07) is -0.0567. The van der Waals surface area contributed by atoms with E-state index in [0.29, 0.717) is 5.92 Å². The second-order valence-electron chi connectivity index (χ2n) is 3.90. The lowest BCUT2D eigenvalue weighted by Gasteiger charge is -2.24. The summed E-state index contributed by atoms with van der Waals surface area (Å²) in [5.41, 5.74) is 0. The molecule has 2 unspecified atom stereocenters. The van der Waals surface area contributed by atoms with E-state index in [9.17, 15) is 9.59 Å². The number of hydrogen-bond donors (Lipinski definition) is 1. The Bertz CT molecular complexity index is 236. The Balaban J connectivity index is 2.14. The molecule has 1 aliphatic heterocycles. The third kappa shape index (κ3) is 1.30. The fraction of sp³-hybridized carbons (Fsp3) is 0.778. The number of carbonyl (C=O) groups excluding carboxylic acids is 2. The summed E-state index contributed by atoms with van der Waals surface area (Å²) >= 11 is 0. The Labute approximate surface area is 77.3 Å². The van der Waals surface area contributed by atoms with E-state index < -0.39 is 0 Å². The normalized spacial score (nSPS) is 34.1. The largest absolute Gasteiger partial charge is 0.329 e. The van der Waals surface area contributed by atoms with Crippen molar-refractivity contribution in [3.8, 4) is 0 Å². The summed E-state index contributed by atoms with van der Waals surface area (Å²) in [4.78, 5) is 24.1. The Morgan fingerprint density at radius 2 is 2.15 bits per heavy atom. The second kappa shape index (κ2) is 3.01. The molecule has 2 rings (SSSR count). The SMILES string of the molecule is CC1CCCC1N1C(=O)CNC1=O. The molecule has 4 heteroatoms. The number of carbonyl (C=O) groups is 2. The van der Waals surface area contributed by atoms with Crippen molar-refractivity contribution in [2.24, 2.45) is 5.92 Å². The van der Waals surface area contributed by atoms with Crippen LogP contribution in [0.5, 0.6) is 0 Å². The Kier molecular flexibility index (Phi) is 1.98. The van der Waals surface area contributed by atoms with Crippen LogP contribution in [0.2, 0.25) is 0 Å². The van der Waals surface area contributed by atoms with Crippen LogP contribution in [0.4, 0.5) is 4.79 Å².